The van der Waals surface area contributed by atoms with Crippen LogP contribution in [0, 0.1) is 41.9 Å². The zero-order valence-electron chi connectivity index (χ0n) is 23.9. The molecule has 4 rings (SSSR count). The third-order valence-electron chi connectivity index (χ3n) is 8.32. The Morgan fingerprint density at radius 2 is 1.76 bits per heavy atom. The smallest absolute Gasteiger partial charge is 0.134 e. The average molecular weight is 496 g/mol. The van der Waals surface area contributed by atoms with Crippen molar-refractivity contribution in [2.75, 3.05) is 11.4 Å². The molecular formula is C35H45NO. The van der Waals surface area contributed by atoms with E-state index in [-0.39, 0.29) is 0 Å². The number of hydrogen-bond donors (Lipinski definition) is 0. The van der Waals surface area contributed by atoms with Gasteiger partial charge in [0.2, 0.25) is 0 Å². The van der Waals surface area contributed by atoms with Gasteiger partial charge in [-0.3, -0.25) is 0 Å². The standard InChI is InChI=1S/C35H45NO/c1-9-10-14-26(8)17-18-36(28-15-12-11-13-16-28)29-21-31(25(6)7)35-33(22-29)32-20-27(23(2)3)19-30(24(4)5)34(32)37-35/h1,10-16,20,22-27,31H,17-19,21H2,2-8H3/b14-10-. The fraction of sp³-hybridized carbons (Fsp3) is 0.486. The SMILES string of the molecule is C#C/C=C\C(C)CCN(C1=Cc2c(oc3c2=CC(C(C)C)CC=3C(C)C)C(C(C)C)C1)c1ccccc1. The molecule has 1 aromatic carbocycles. The molecule has 196 valence electrons. The van der Waals surface area contributed by atoms with E-state index in [0.29, 0.717) is 35.5 Å². The van der Waals surface area contributed by atoms with Crippen molar-refractivity contribution in [3.8, 4) is 12.3 Å². The molecule has 0 aliphatic heterocycles. The van der Waals surface area contributed by atoms with Crippen molar-refractivity contribution < 1.29 is 4.42 Å². The van der Waals surface area contributed by atoms with E-state index in [9.17, 15) is 0 Å². The molecular weight excluding hydrogens is 450 g/mol. The first kappa shape index (κ1) is 27.1. The number of nitrogens with zero attached hydrogens (tertiary/aromatic N) is 1. The summed E-state index contributed by atoms with van der Waals surface area (Å²) >= 11 is 0. The van der Waals surface area contributed by atoms with E-state index < -0.39 is 0 Å². The van der Waals surface area contributed by atoms with Crippen LogP contribution in [-0.2, 0) is 0 Å². The van der Waals surface area contributed by atoms with Gasteiger partial charge in [0.15, 0.2) is 0 Å². The lowest BCUT2D eigenvalue weighted by Gasteiger charge is -2.34. The molecule has 0 N–H and O–H groups in total. The van der Waals surface area contributed by atoms with Crippen molar-refractivity contribution in [2.45, 2.75) is 73.6 Å². The van der Waals surface area contributed by atoms with Crippen LogP contribution in [0.25, 0.3) is 17.7 Å². The van der Waals surface area contributed by atoms with E-state index in [1.54, 1.807) is 0 Å². The van der Waals surface area contributed by atoms with Crippen LogP contribution in [0.3, 0.4) is 0 Å². The minimum atomic E-state index is 0.366. The summed E-state index contributed by atoms with van der Waals surface area (Å²) in [5.74, 6) is 6.77. The lowest BCUT2D eigenvalue weighted by Crippen LogP contribution is -2.34. The highest BCUT2D eigenvalue weighted by atomic mass is 16.3. The number of rotatable bonds is 9. The van der Waals surface area contributed by atoms with Gasteiger partial charge in [-0.05, 0) is 78.7 Å². The van der Waals surface area contributed by atoms with Crippen molar-refractivity contribution in [1.29, 1.82) is 0 Å². The number of furan rings is 1. The second-order valence-corrected chi connectivity index (χ2v) is 12.1. The molecule has 2 heteroatoms. The molecule has 0 fully saturated rings. The first-order chi connectivity index (χ1) is 17.7. The summed E-state index contributed by atoms with van der Waals surface area (Å²) in [6.07, 6.45) is 17.5. The molecule has 2 nitrogen and oxygen atoms in total. The van der Waals surface area contributed by atoms with Gasteiger partial charge in [0, 0.05) is 34.6 Å². The van der Waals surface area contributed by atoms with Gasteiger partial charge < -0.3 is 9.32 Å². The summed E-state index contributed by atoms with van der Waals surface area (Å²) in [5, 5.41) is 1.34. The van der Waals surface area contributed by atoms with Gasteiger partial charge in [-0.15, -0.1) is 6.42 Å². The van der Waals surface area contributed by atoms with Crippen LogP contribution in [0.5, 0.6) is 0 Å². The number of anilines is 1. The molecule has 37 heavy (non-hydrogen) atoms. The van der Waals surface area contributed by atoms with Crippen molar-refractivity contribution in [3.05, 3.63) is 70.1 Å². The number of terminal acetylenes is 1. The van der Waals surface area contributed by atoms with E-state index in [2.05, 4.69) is 108 Å². The van der Waals surface area contributed by atoms with Gasteiger partial charge in [0.05, 0.1) is 0 Å². The molecule has 3 unspecified atom stereocenters. The Hall–Kier alpha value is -2.92. The minimum Gasteiger partial charge on any atom is -0.460 e. The topological polar surface area (TPSA) is 16.4 Å². The fourth-order valence-electron chi connectivity index (χ4n) is 5.81. The Balaban J connectivity index is 1.86. The number of para-hydroxylation sites is 1. The maximum absolute atomic E-state index is 6.82. The van der Waals surface area contributed by atoms with E-state index in [1.165, 1.54) is 33.5 Å². The largest absolute Gasteiger partial charge is 0.460 e. The van der Waals surface area contributed by atoms with E-state index in [1.807, 2.05) is 6.08 Å². The summed E-state index contributed by atoms with van der Waals surface area (Å²) in [6.45, 7) is 17.2. The molecule has 0 bridgehead atoms. The quantitative estimate of drug-likeness (QED) is 0.331. The highest BCUT2D eigenvalue weighted by Gasteiger charge is 2.33. The Bertz CT molecular complexity index is 1300. The Labute approximate surface area is 224 Å². The molecule has 0 spiro atoms. The van der Waals surface area contributed by atoms with E-state index >= 15 is 0 Å². The zero-order chi connectivity index (χ0) is 26.7. The van der Waals surface area contributed by atoms with Crippen LogP contribution >= 0.6 is 0 Å². The molecule has 2 aliphatic carbocycles. The Morgan fingerprint density at radius 1 is 1.03 bits per heavy atom. The zero-order valence-corrected chi connectivity index (χ0v) is 23.9. The molecule has 2 aromatic rings. The molecule has 0 amide bonds. The van der Waals surface area contributed by atoms with E-state index in [0.717, 1.165) is 31.2 Å². The third-order valence-corrected chi connectivity index (χ3v) is 8.32. The summed E-state index contributed by atoms with van der Waals surface area (Å²) < 4.78 is 6.82. The van der Waals surface area contributed by atoms with Gasteiger partial charge in [0.25, 0.3) is 0 Å². The first-order valence-electron chi connectivity index (χ1n) is 14.2. The van der Waals surface area contributed by atoms with Crippen LogP contribution in [-0.4, -0.2) is 6.54 Å². The van der Waals surface area contributed by atoms with Crippen LogP contribution in [0.1, 0.15) is 85.0 Å². The second-order valence-electron chi connectivity index (χ2n) is 12.1. The van der Waals surface area contributed by atoms with Crippen LogP contribution in [0.4, 0.5) is 5.69 Å². The number of allylic oxidation sites excluding steroid dienone is 3. The Morgan fingerprint density at radius 3 is 2.38 bits per heavy atom. The molecule has 0 radical (unpaired) electrons. The molecule has 3 atom stereocenters. The van der Waals surface area contributed by atoms with Crippen LogP contribution < -0.4 is 15.5 Å². The maximum atomic E-state index is 6.82. The van der Waals surface area contributed by atoms with Gasteiger partial charge in [-0.25, -0.2) is 0 Å². The van der Waals surface area contributed by atoms with Crippen molar-refractivity contribution in [2.24, 2.45) is 29.6 Å². The monoisotopic (exact) mass is 495 g/mol. The summed E-state index contributed by atoms with van der Waals surface area (Å²) in [4.78, 5) is 2.54. The molecule has 1 heterocycles. The van der Waals surface area contributed by atoms with Gasteiger partial charge >= 0.3 is 0 Å². The predicted octanol–water partition coefficient (Wildman–Crippen LogP) is 7.75. The average Bonchev–Trinajstić information content (AvgIpc) is 3.25. The van der Waals surface area contributed by atoms with Gasteiger partial charge in [-0.2, -0.15) is 0 Å². The molecule has 0 saturated carbocycles. The number of fused-ring (bicyclic) bond motifs is 3. The normalized spacial score (nSPS) is 20.0. The first-order valence-corrected chi connectivity index (χ1v) is 14.2. The van der Waals surface area contributed by atoms with Crippen molar-refractivity contribution in [3.63, 3.8) is 0 Å². The van der Waals surface area contributed by atoms with Gasteiger partial charge in [-0.1, -0.05) is 84.7 Å². The summed E-state index contributed by atoms with van der Waals surface area (Å²) in [5.41, 5.74) is 6.60. The van der Waals surface area contributed by atoms with Crippen LogP contribution in [0.2, 0.25) is 0 Å². The van der Waals surface area contributed by atoms with Gasteiger partial charge in [0.1, 0.15) is 11.2 Å². The highest BCUT2D eigenvalue weighted by Crippen LogP contribution is 2.40. The van der Waals surface area contributed by atoms with Crippen molar-refractivity contribution >= 4 is 23.4 Å². The highest BCUT2D eigenvalue weighted by molar-refractivity contribution is 5.69. The summed E-state index contributed by atoms with van der Waals surface area (Å²) in [6, 6.07) is 10.9. The lowest BCUT2D eigenvalue weighted by atomic mass is 9.79. The molecule has 2 aliphatic rings. The fourth-order valence-corrected chi connectivity index (χ4v) is 5.81. The second kappa shape index (κ2) is 11.6. The summed E-state index contributed by atoms with van der Waals surface area (Å²) in [7, 11) is 0. The number of hydrogen-bond acceptors (Lipinski definition) is 2. The molecule has 0 saturated heterocycles. The van der Waals surface area contributed by atoms with E-state index in [4.69, 9.17) is 10.8 Å². The Kier molecular flexibility index (Phi) is 8.53. The predicted molar refractivity (Wildman–Crippen MR) is 159 cm³/mol. The van der Waals surface area contributed by atoms with Crippen molar-refractivity contribution in [1.82, 2.24) is 0 Å². The van der Waals surface area contributed by atoms with Crippen LogP contribution in [0.15, 0.2) is 52.6 Å². The minimum absolute atomic E-state index is 0.366. The molecule has 1 aromatic heterocycles. The lowest BCUT2D eigenvalue weighted by molar-refractivity contribution is 0.369. The third kappa shape index (κ3) is 5.82. The number of benzene rings is 1. The maximum Gasteiger partial charge on any atom is 0.134 e.